The van der Waals surface area contributed by atoms with E-state index in [0.29, 0.717) is 5.56 Å². The molecule has 0 spiro atoms. The number of carbonyl (C=O) groups is 2. The van der Waals surface area contributed by atoms with Crippen molar-refractivity contribution in [2.24, 2.45) is 0 Å². The van der Waals surface area contributed by atoms with Crippen molar-refractivity contribution in [3.63, 3.8) is 0 Å². The van der Waals surface area contributed by atoms with Gasteiger partial charge < -0.3 is 10.0 Å². The van der Waals surface area contributed by atoms with Gasteiger partial charge in [-0.05, 0) is 38.3 Å². The minimum absolute atomic E-state index is 0.0943. The number of nitro benzene ring substituents is 1. The number of amides is 1. The zero-order valence-electron chi connectivity index (χ0n) is 11.8. The molecule has 1 unspecified atom stereocenters. The van der Waals surface area contributed by atoms with Crippen molar-refractivity contribution in [1.82, 2.24) is 4.90 Å². The molecule has 0 aromatic heterocycles. The van der Waals surface area contributed by atoms with Crippen LogP contribution in [0.1, 0.15) is 35.7 Å². The van der Waals surface area contributed by atoms with Crippen molar-refractivity contribution >= 4 is 17.6 Å². The van der Waals surface area contributed by atoms with E-state index in [1.54, 1.807) is 13.0 Å². The summed E-state index contributed by atoms with van der Waals surface area (Å²) >= 11 is 0. The normalized spacial score (nSPS) is 15.3. The van der Waals surface area contributed by atoms with Crippen LogP contribution >= 0.6 is 0 Å². The Hall–Kier alpha value is -2.44. The molecule has 1 atom stereocenters. The maximum atomic E-state index is 12.5. The molecular formula is C14H16N2O5. The highest BCUT2D eigenvalue weighted by atomic mass is 16.6. The minimum atomic E-state index is -1.09. The maximum Gasteiger partial charge on any atom is 0.326 e. The third kappa shape index (κ3) is 3.18. The maximum absolute atomic E-state index is 12.5. The average molecular weight is 292 g/mol. The van der Waals surface area contributed by atoms with Crippen LogP contribution in [0.4, 0.5) is 5.69 Å². The first-order valence-electron chi connectivity index (χ1n) is 6.63. The number of benzene rings is 1. The molecule has 0 bridgehead atoms. The van der Waals surface area contributed by atoms with Gasteiger partial charge in [0.1, 0.15) is 6.04 Å². The van der Waals surface area contributed by atoms with Crippen LogP contribution in [0.25, 0.3) is 0 Å². The lowest BCUT2D eigenvalue weighted by atomic mass is 10.1. The quantitative estimate of drug-likeness (QED) is 0.660. The molecule has 21 heavy (non-hydrogen) atoms. The van der Waals surface area contributed by atoms with E-state index in [-0.39, 0.29) is 17.3 Å². The summed E-state index contributed by atoms with van der Waals surface area (Å²) in [6.45, 7) is 3.11. The fraction of sp³-hybridized carbons (Fsp3) is 0.429. The molecule has 1 amide bonds. The Morgan fingerprint density at radius 3 is 2.48 bits per heavy atom. The highest BCUT2D eigenvalue weighted by Crippen LogP contribution is 2.31. The Balaban J connectivity index is 2.37. The van der Waals surface area contributed by atoms with Crippen molar-refractivity contribution in [2.45, 2.75) is 38.8 Å². The highest BCUT2D eigenvalue weighted by molar-refractivity contribution is 5.97. The zero-order valence-corrected chi connectivity index (χ0v) is 11.8. The molecular weight excluding hydrogens is 276 g/mol. The number of non-ortho nitro benzene ring substituents is 1. The number of rotatable bonds is 5. The highest BCUT2D eigenvalue weighted by Gasteiger charge is 2.39. The van der Waals surface area contributed by atoms with E-state index in [1.807, 2.05) is 0 Å². The van der Waals surface area contributed by atoms with E-state index < -0.39 is 22.8 Å². The predicted octanol–water partition coefficient (Wildman–Crippen LogP) is 1.98. The molecule has 7 heteroatoms. The van der Waals surface area contributed by atoms with Crippen molar-refractivity contribution in [2.75, 3.05) is 0 Å². The van der Waals surface area contributed by atoms with Gasteiger partial charge >= 0.3 is 5.97 Å². The van der Waals surface area contributed by atoms with Crippen LogP contribution in [0.5, 0.6) is 0 Å². The first-order valence-corrected chi connectivity index (χ1v) is 6.63. The smallest absolute Gasteiger partial charge is 0.326 e. The molecule has 0 heterocycles. The number of aliphatic carboxylic acids is 1. The number of carbonyl (C=O) groups excluding carboxylic acids is 1. The number of aryl methyl sites for hydroxylation is 1. The number of carboxylic acids is 1. The molecule has 1 fully saturated rings. The summed E-state index contributed by atoms with van der Waals surface area (Å²) in [5.74, 6) is -1.56. The summed E-state index contributed by atoms with van der Waals surface area (Å²) in [7, 11) is 0. The Morgan fingerprint density at radius 1 is 1.38 bits per heavy atom. The van der Waals surface area contributed by atoms with Crippen LogP contribution in [0.15, 0.2) is 18.2 Å². The van der Waals surface area contributed by atoms with Gasteiger partial charge in [0.15, 0.2) is 0 Å². The van der Waals surface area contributed by atoms with Crippen LogP contribution in [0.2, 0.25) is 0 Å². The van der Waals surface area contributed by atoms with Crippen LogP contribution in [-0.4, -0.2) is 38.9 Å². The van der Waals surface area contributed by atoms with E-state index in [2.05, 4.69) is 0 Å². The van der Waals surface area contributed by atoms with Gasteiger partial charge in [0, 0.05) is 23.7 Å². The molecule has 2 rings (SSSR count). The van der Waals surface area contributed by atoms with E-state index in [9.17, 15) is 19.7 Å². The van der Waals surface area contributed by atoms with Crippen molar-refractivity contribution in [3.8, 4) is 0 Å². The van der Waals surface area contributed by atoms with E-state index >= 15 is 0 Å². The predicted molar refractivity (Wildman–Crippen MR) is 74.1 cm³/mol. The molecule has 7 nitrogen and oxygen atoms in total. The summed E-state index contributed by atoms with van der Waals surface area (Å²) in [5, 5.41) is 20.0. The Kier molecular flexibility index (Phi) is 3.93. The zero-order chi connectivity index (χ0) is 15.7. The second-order valence-corrected chi connectivity index (χ2v) is 5.27. The molecule has 112 valence electrons. The molecule has 0 saturated heterocycles. The van der Waals surface area contributed by atoms with E-state index in [1.165, 1.54) is 24.0 Å². The lowest BCUT2D eigenvalue weighted by Crippen LogP contribution is -2.44. The van der Waals surface area contributed by atoms with Gasteiger partial charge in [-0.2, -0.15) is 0 Å². The van der Waals surface area contributed by atoms with E-state index in [0.717, 1.165) is 12.8 Å². The summed E-state index contributed by atoms with van der Waals surface area (Å²) in [5.41, 5.74) is 0.574. The molecule has 1 saturated carbocycles. The van der Waals surface area contributed by atoms with Gasteiger partial charge in [0.25, 0.3) is 11.6 Å². The standard InChI is InChI=1S/C14H16N2O5/c1-8-5-10(7-12(6-8)16(20)21)13(17)15(11-3-4-11)9(2)14(18)19/h5-7,9,11H,3-4H2,1-2H3,(H,18,19). The third-order valence-electron chi connectivity index (χ3n) is 3.47. The number of hydrogen-bond donors (Lipinski definition) is 1. The molecule has 0 aliphatic heterocycles. The summed E-state index contributed by atoms with van der Waals surface area (Å²) in [6.07, 6.45) is 1.52. The SMILES string of the molecule is Cc1cc(C(=O)N(C2CC2)C(C)C(=O)O)cc([N+](=O)[O-])c1. The van der Waals surface area contributed by atoms with Gasteiger partial charge in [-0.15, -0.1) is 0 Å². The monoisotopic (exact) mass is 292 g/mol. The lowest BCUT2D eigenvalue weighted by molar-refractivity contribution is -0.384. The second kappa shape index (κ2) is 5.51. The summed E-state index contributed by atoms with van der Waals surface area (Å²) in [6, 6.07) is 3.06. The Labute approximate surface area is 121 Å². The molecule has 0 radical (unpaired) electrons. The van der Waals surface area contributed by atoms with Crippen molar-refractivity contribution < 1.29 is 19.6 Å². The second-order valence-electron chi connectivity index (χ2n) is 5.27. The molecule has 1 aliphatic carbocycles. The number of hydrogen-bond acceptors (Lipinski definition) is 4. The fourth-order valence-corrected chi connectivity index (χ4v) is 2.27. The van der Waals surface area contributed by atoms with Gasteiger partial charge in [-0.25, -0.2) is 4.79 Å². The van der Waals surface area contributed by atoms with Gasteiger partial charge in [0.2, 0.25) is 0 Å². The third-order valence-corrected chi connectivity index (χ3v) is 3.47. The fourth-order valence-electron chi connectivity index (χ4n) is 2.27. The first kappa shape index (κ1) is 15.0. The van der Waals surface area contributed by atoms with Crippen molar-refractivity contribution in [1.29, 1.82) is 0 Å². The number of nitrogens with zero attached hydrogens (tertiary/aromatic N) is 2. The minimum Gasteiger partial charge on any atom is -0.480 e. The number of nitro groups is 1. The first-order chi connectivity index (χ1) is 9.81. The molecule has 1 aromatic rings. The van der Waals surface area contributed by atoms with Gasteiger partial charge in [-0.1, -0.05) is 0 Å². The van der Waals surface area contributed by atoms with E-state index in [4.69, 9.17) is 5.11 Å². The Bertz CT molecular complexity index is 609. The van der Waals surface area contributed by atoms with Crippen LogP contribution in [0, 0.1) is 17.0 Å². The van der Waals surface area contributed by atoms with Gasteiger partial charge in [0.05, 0.1) is 4.92 Å². The van der Waals surface area contributed by atoms with Crippen LogP contribution < -0.4 is 0 Å². The van der Waals surface area contributed by atoms with Crippen LogP contribution in [-0.2, 0) is 4.79 Å². The van der Waals surface area contributed by atoms with Crippen LogP contribution in [0.3, 0.4) is 0 Å². The lowest BCUT2D eigenvalue weighted by Gasteiger charge is -2.26. The summed E-state index contributed by atoms with van der Waals surface area (Å²) < 4.78 is 0. The topological polar surface area (TPSA) is 101 Å². The molecule has 1 N–H and O–H groups in total. The molecule has 1 aliphatic rings. The molecule has 1 aromatic carbocycles. The summed E-state index contributed by atoms with van der Waals surface area (Å²) in [4.78, 5) is 35.3. The number of carboxylic acid groups (broad SMARTS) is 1. The Morgan fingerprint density at radius 2 is 2.00 bits per heavy atom. The largest absolute Gasteiger partial charge is 0.480 e. The van der Waals surface area contributed by atoms with Crippen molar-refractivity contribution in [3.05, 3.63) is 39.4 Å². The average Bonchev–Trinajstić information content (AvgIpc) is 3.22. The van der Waals surface area contributed by atoms with Gasteiger partial charge in [-0.3, -0.25) is 14.9 Å².